The van der Waals surface area contributed by atoms with Gasteiger partial charge in [0.25, 0.3) is 0 Å². The van der Waals surface area contributed by atoms with Crippen LogP contribution in [0.15, 0.2) is 6.33 Å². The van der Waals surface area contributed by atoms with Gasteiger partial charge in [0.2, 0.25) is 0 Å². The summed E-state index contributed by atoms with van der Waals surface area (Å²) in [6.07, 6.45) is 1.51. The summed E-state index contributed by atoms with van der Waals surface area (Å²) in [4.78, 5) is 13.3. The molecule has 0 radical (unpaired) electrons. The van der Waals surface area contributed by atoms with E-state index in [1.807, 2.05) is 6.92 Å². The molecule has 0 amide bonds. The Hall–Kier alpha value is -0.910. The Morgan fingerprint density at radius 1 is 1.24 bits per heavy atom. The number of nitrogens with zero attached hydrogens (tertiary/aromatic N) is 4. The number of rotatable bonds is 5. The largest absolute Gasteiger partial charge is 0.368 e. The minimum Gasteiger partial charge on any atom is -0.368 e. The molecule has 0 aliphatic carbocycles. The molecule has 1 fully saturated rings. The molecule has 2 rings (SSSR count). The lowest BCUT2D eigenvalue weighted by Crippen LogP contribution is -2.52. The van der Waals surface area contributed by atoms with Gasteiger partial charge in [-0.05, 0) is 19.9 Å². The van der Waals surface area contributed by atoms with Gasteiger partial charge in [0, 0.05) is 44.3 Å². The predicted molar refractivity (Wildman–Crippen MR) is 88.0 cm³/mol. The standard InChI is InChI=1S/C15H26ClN5/c1-11(2)13(21-7-5-20(4)6-8-21)9-17-15-12(3)14(16)18-10-19-15/h10-11,13H,5-9H2,1-4H3,(H,17,18,19). The zero-order valence-electron chi connectivity index (χ0n) is 13.4. The quantitative estimate of drug-likeness (QED) is 0.844. The first-order valence-corrected chi connectivity index (χ1v) is 8.00. The summed E-state index contributed by atoms with van der Waals surface area (Å²) in [5.74, 6) is 1.44. The minimum absolute atomic E-state index is 0.506. The lowest BCUT2D eigenvalue weighted by Gasteiger charge is -2.40. The van der Waals surface area contributed by atoms with Crippen molar-refractivity contribution in [2.24, 2.45) is 5.92 Å². The number of piperazine rings is 1. The van der Waals surface area contributed by atoms with E-state index < -0.39 is 0 Å². The van der Waals surface area contributed by atoms with Crippen LogP contribution in [0.5, 0.6) is 0 Å². The fraction of sp³-hybridized carbons (Fsp3) is 0.733. The molecule has 1 N–H and O–H groups in total. The Kier molecular flexibility index (Phi) is 5.79. The lowest BCUT2D eigenvalue weighted by atomic mass is 10.0. The number of hydrogen-bond acceptors (Lipinski definition) is 5. The zero-order valence-corrected chi connectivity index (χ0v) is 14.2. The second kappa shape index (κ2) is 7.38. The molecule has 1 aliphatic heterocycles. The molecule has 2 heterocycles. The average molecular weight is 312 g/mol. The van der Waals surface area contributed by atoms with Gasteiger partial charge < -0.3 is 10.2 Å². The van der Waals surface area contributed by atoms with Gasteiger partial charge in [0.05, 0.1) is 0 Å². The van der Waals surface area contributed by atoms with E-state index in [0.717, 1.165) is 44.1 Å². The summed E-state index contributed by atoms with van der Waals surface area (Å²) in [5, 5.41) is 3.97. The maximum absolute atomic E-state index is 6.05. The van der Waals surface area contributed by atoms with Crippen LogP contribution in [0.4, 0.5) is 5.82 Å². The van der Waals surface area contributed by atoms with Crippen molar-refractivity contribution in [2.75, 3.05) is 45.1 Å². The van der Waals surface area contributed by atoms with Crippen molar-refractivity contribution < 1.29 is 0 Å². The highest BCUT2D eigenvalue weighted by molar-refractivity contribution is 6.30. The number of anilines is 1. The van der Waals surface area contributed by atoms with E-state index in [0.29, 0.717) is 17.1 Å². The summed E-state index contributed by atoms with van der Waals surface area (Å²) < 4.78 is 0. The maximum Gasteiger partial charge on any atom is 0.137 e. The second-order valence-corrected chi connectivity index (χ2v) is 6.53. The molecule has 1 saturated heterocycles. The van der Waals surface area contributed by atoms with Crippen LogP contribution in [0, 0.1) is 12.8 Å². The molecule has 1 unspecified atom stereocenters. The normalized spacial score (nSPS) is 19.0. The molecule has 1 aliphatic rings. The van der Waals surface area contributed by atoms with Crippen LogP contribution in [0.25, 0.3) is 0 Å². The van der Waals surface area contributed by atoms with Gasteiger partial charge in [0.15, 0.2) is 0 Å². The van der Waals surface area contributed by atoms with Gasteiger partial charge in [0.1, 0.15) is 17.3 Å². The van der Waals surface area contributed by atoms with Gasteiger partial charge in [-0.3, -0.25) is 4.90 Å². The Balaban J connectivity index is 1.98. The topological polar surface area (TPSA) is 44.3 Å². The number of halogens is 1. The van der Waals surface area contributed by atoms with Crippen molar-refractivity contribution in [1.29, 1.82) is 0 Å². The first-order valence-electron chi connectivity index (χ1n) is 7.62. The highest BCUT2D eigenvalue weighted by atomic mass is 35.5. The van der Waals surface area contributed by atoms with Crippen LogP contribution in [0.1, 0.15) is 19.4 Å². The van der Waals surface area contributed by atoms with Crippen molar-refractivity contribution in [3.8, 4) is 0 Å². The molecule has 0 spiro atoms. The first-order chi connectivity index (χ1) is 9.99. The molecular weight excluding hydrogens is 286 g/mol. The third-order valence-corrected chi connectivity index (χ3v) is 4.66. The fourth-order valence-corrected chi connectivity index (χ4v) is 2.88. The Bertz CT molecular complexity index is 457. The third-order valence-electron chi connectivity index (χ3n) is 4.28. The molecule has 21 heavy (non-hydrogen) atoms. The molecule has 6 heteroatoms. The number of likely N-dealkylation sites (N-methyl/N-ethyl adjacent to an activating group) is 1. The van der Waals surface area contributed by atoms with E-state index in [1.54, 1.807) is 0 Å². The van der Waals surface area contributed by atoms with E-state index in [9.17, 15) is 0 Å². The fourth-order valence-electron chi connectivity index (χ4n) is 2.75. The lowest BCUT2D eigenvalue weighted by molar-refractivity contribution is 0.0944. The Morgan fingerprint density at radius 3 is 2.52 bits per heavy atom. The third kappa shape index (κ3) is 4.28. The first kappa shape index (κ1) is 16.5. The predicted octanol–water partition coefficient (Wildman–Crippen LogP) is 2.12. The van der Waals surface area contributed by atoms with E-state index in [4.69, 9.17) is 11.6 Å². The summed E-state index contributed by atoms with van der Waals surface area (Å²) in [5.41, 5.74) is 0.917. The van der Waals surface area contributed by atoms with Crippen LogP contribution in [-0.4, -0.2) is 65.6 Å². The van der Waals surface area contributed by atoms with Crippen LogP contribution >= 0.6 is 11.6 Å². The van der Waals surface area contributed by atoms with Crippen molar-refractivity contribution in [1.82, 2.24) is 19.8 Å². The smallest absolute Gasteiger partial charge is 0.137 e. The monoisotopic (exact) mass is 311 g/mol. The Labute approximate surface area is 132 Å². The van der Waals surface area contributed by atoms with Gasteiger partial charge >= 0.3 is 0 Å². The van der Waals surface area contributed by atoms with E-state index >= 15 is 0 Å². The highest BCUT2D eigenvalue weighted by Gasteiger charge is 2.25. The number of nitrogens with one attached hydrogen (secondary N) is 1. The zero-order chi connectivity index (χ0) is 15.4. The maximum atomic E-state index is 6.05. The van der Waals surface area contributed by atoms with Crippen LogP contribution < -0.4 is 5.32 Å². The Morgan fingerprint density at radius 2 is 1.90 bits per heavy atom. The van der Waals surface area contributed by atoms with Gasteiger partial charge in [-0.25, -0.2) is 9.97 Å². The summed E-state index contributed by atoms with van der Waals surface area (Å²) in [6, 6.07) is 0.506. The second-order valence-electron chi connectivity index (χ2n) is 6.17. The van der Waals surface area contributed by atoms with Crippen LogP contribution in [-0.2, 0) is 0 Å². The summed E-state index contributed by atoms with van der Waals surface area (Å²) >= 11 is 6.05. The molecule has 118 valence electrons. The van der Waals surface area contributed by atoms with E-state index in [2.05, 4.69) is 46.0 Å². The van der Waals surface area contributed by atoms with Crippen molar-refractivity contribution in [2.45, 2.75) is 26.8 Å². The molecule has 0 bridgehead atoms. The van der Waals surface area contributed by atoms with Gasteiger partial charge in [-0.15, -0.1) is 0 Å². The summed E-state index contributed by atoms with van der Waals surface area (Å²) in [7, 11) is 2.19. The molecule has 1 aromatic rings. The van der Waals surface area contributed by atoms with Crippen LogP contribution in [0.3, 0.4) is 0 Å². The molecule has 1 atom stereocenters. The molecular formula is C15H26ClN5. The van der Waals surface area contributed by atoms with Crippen molar-refractivity contribution in [3.05, 3.63) is 17.0 Å². The number of hydrogen-bond donors (Lipinski definition) is 1. The average Bonchev–Trinajstić information content (AvgIpc) is 2.45. The molecule has 0 saturated carbocycles. The summed E-state index contributed by atoms with van der Waals surface area (Å²) in [6.45, 7) is 11.9. The SMILES string of the molecule is Cc1c(Cl)ncnc1NCC(C(C)C)N1CCN(C)CC1. The molecule has 0 aromatic carbocycles. The van der Waals surface area contributed by atoms with Gasteiger partial charge in [-0.2, -0.15) is 0 Å². The van der Waals surface area contributed by atoms with E-state index in [1.165, 1.54) is 6.33 Å². The van der Waals surface area contributed by atoms with E-state index in [-0.39, 0.29) is 0 Å². The van der Waals surface area contributed by atoms with Crippen molar-refractivity contribution >= 4 is 17.4 Å². The van der Waals surface area contributed by atoms with Gasteiger partial charge in [-0.1, -0.05) is 25.4 Å². The molecule has 1 aromatic heterocycles. The highest BCUT2D eigenvalue weighted by Crippen LogP contribution is 2.19. The molecule has 5 nitrogen and oxygen atoms in total. The van der Waals surface area contributed by atoms with Crippen LogP contribution in [0.2, 0.25) is 5.15 Å². The van der Waals surface area contributed by atoms with Crippen molar-refractivity contribution in [3.63, 3.8) is 0 Å². The number of aromatic nitrogens is 2. The minimum atomic E-state index is 0.506.